The molecule has 1 amide bonds. The van der Waals surface area contributed by atoms with Crippen molar-refractivity contribution in [1.29, 1.82) is 5.26 Å². The van der Waals surface area contributed by atoms with E-state index in [1.165, 1.54) is 0 Å². The number of ether oxygens (including phenoxy) is 2. The summed E-state index contributed by atoms with van der Waals surface area (Å²) in [5, 5.41) is 12.5. The van der Waals surface area contributed by atoms with Gasteiger partial charge in [-0.25, -0.2) is 9.59 Å². The van der Waals surface area contributed by atoms with Gasteiger partial charge < -0.3 is 14.8 Å². The highest BCUT2D eigenvalue weighted by Gasteiger charge is 2.29. The Labute approximate surface area is 200 Å². The first-order valence-electron chi connectivity index (χ1n) is 11.0. The Morgan fingerprint density at radius 3 is 2.00 bits per heavy atom. The number of carbonyl (C=O) groups is 2. The lowest BCUT2D eigenvalue weighted by molar-refractivity contribution is 0.0260. The molecule has 3 rings (SSSR count). The number of nitrogens with zero attached hydrogens (tertiary/aromatic N) is 1. The van der Waals surface area contributed by atoms with Crippen molar-refractivity contribution in [2.75, 3.05) is 0 Å². The second kappa shape index (κ2) is 11.2. The van der Waals surface area contributed by atoms with E-state index in [0.717, 1.165) is 16.7 Å². The largest absolute Gasteiger partial charge is 0.444 e. The first kappa shape index (κ1) is 24.5. The summed E-state index contributed by atoms with van der Waals surface area (Å²) in [6, 6.07) is 27.3. The number of nitrogens with one attached hydrogen (secondary N) is 1. The van der Waals surface area contributed by atoms with E-state index < -0.39 is 29.8 Å². The summed E-state index contributed by atoms with van der Waals surface area (Å²) in [5.74, 6) is -0.643. The Hall–Kier alpha value is -4.11. The molecular formula is C28H28N2O4. The molecule has 34 heavy (non-hydrogen) atoms. The van der Waals surface area contributed by atoms with Gasteiger partial charge in [0, 0.05) is 0 Å². The molecule has 2 atom stereocenters. The summed E-state index contributed by atoms with van der Waals surface area (Å²) < 4.78 is 10.9. The summed E-state index contributed by atoms with van der Waals surface area (Å²) in [6.45, 7) is 5.25. The van der Waals surface area contributed by atoms with Gasteiger partial charge in [0.15, 0.2) is 0 Å². The maximum Gasteiger partial charge on any atom is 0.408 e. The molecule has 6 heteroatoms. The molecule has 0 aliphatic carbocycles. The molecule has 0 fully saturated rings. The van der Waals surface area contributed by atoms with Crippen LogP contribution in [0.3, 0.4) is 0 Å². The third-order valence-corrected chi connectivity index (χ3v) is 4.95. The van der Waals surface area contributed by atoms with Gasteiger partial charge in [-0.1, -0.05) is 72.8 Å². The van der Waals surface area contributed by atoms with E-state index in [1.54, 1.807) is 32.9 Å². The zero-order valence-corrected chi connectivity index (χ0v) is 19.5. The van der Waals surface area contributed by atoms with Gasteiger partial charge in [-0.3, -0.25) is 0 Å². The molecule has 0 saturated heterocycles. The molecule has 0 heterocycles. The lowest BCUT2D eigenvalue weighted by Gasteiger charge is -2.26. The summed E-state index contributed by atoms with van der Waals surface area (Å²) in [7, 11) is 0. The maximum atomic E-state index is 12.8. The van der Waals surface area contributed by atoms with E-state index in [0.29, 0.717) is 12.0 Å². The SMILES string of the molecule is CC(C)(C)OC(=O)N[C@@H](Cc1ccccc1)[C@H](C#N)OC(=O)c1ccc(-c2ccccc2)cc1. The fourth-order valence-electron chi connectivity index (χ4n) is 3.37. The van der Waals surface area contributed by atoms with Crippen molar-refractivity contribution in [1.82, 2.24) is 5.32 Å². The molecule has 0 bridgehead atoms. The highest BCUT2D eigenvalue weighted by molar-refractivity contribution is 5.90. The maximum absolute atomic E-state index is 12.8. The molecule has 0 unspecified atom stereocenters. The molecular weight excluding hydrogens is 428 g/mol. The van der Waals surface area contributed by atoms with Crippen LogP contribution in [0.25, 0.3) is 11.1 Å². The Kier molecular flexibility index (Phi) is 8.05. The van der Waals surface area contributed by atoms with Gasteiger partial charge in [-0.15, -0.1) is 0 Å². The minimum Gasteiger partial charge on any atom is -0.444 e. The molecule has 1 N–H and O–H groups in total. The van der Waals surface area contributed by atoms with Gasteiger partial charge in [0.1, 0.15) is 11.7 Å². The zero-order valence-electron chi connectivity index (χ0n) is 19.5. The van der Waals surface area contributed by atoms with Crippen LogP contribution < -0.4 is 5.32 Å². The van der Waals surface area contributed by atoms with Crippen molar-refractivity contribution in [2.45, 2.75) is 44.9 Å². The van der Waals surface area contributed by atoms with Gasteiger partial charge in [0.2, 0.25) is 6.10 Å². The fourth-order valence-corrected chi connectivity index (χ4v) is 3.37. The molecule has 0 aliphatic heterocycles. The summed E-state index contributed by atoms with van der Waals surface area (Å²) in [4.78, 5) is 25.2. The van der Waals surface area contributed by atoms with E-state index in [-0.39, 0.29) is 0 Å². The van der Waals surface area contributed by atoms with Gasteiger partial charge in [0.05, 0.1) is 11.6 Å². The average Bonchev–Trinajstić information content (AvgIpc) is 2.82. The first-order chi connectivity index (χ1) is 16.2. The van der Waals surface area contributed by atoms with E-state index in [4.69, 9.17) is 9.47 Å². The Bertz CT molecular complexity index is 1130. The van der Waals surface area contributed by atoms with Gasteiger partial charge >= 0.3 is 12.1 Å². The summed E-state index contributed by atoms with van der Waals surface area (Å²) in [6.07, 6.45) is -1.61. The van der Waals surface area contributed by atoms with Crippen molar-refractivity contribution in [3.63, 3.8) is 0 Å². The fraction of sp³-hybridized carbons (Fsp3) is 0.250. The number of amides is 1. The van der Waals surface area contributed by atoms with Crippen LogP contribution in [0.15, 0.2) is 84.9 Å². The van der Waals surface area contributed by atoms with Crippen molar-refractivity contribution >= 4 is 12.1 Å². The number of rotatable bonds is 7. The predicted molar refractivity (Wildman–Crippen MR) is 130 cm³/mol. The van der Waals surface area contributed by atoms with Gasteiger partial charge in [-0.05, 0) is 56.0 Å². The summed E-state index contributed by atoms with van der Waals surface area (Å²) >= 11 is 0. The van der Waals surface area contributed by atoms with E-state index in [2.05, 4.69) is 5.32 Å². The van der Waals surface area contributed by atoms with Crippen LogP contribution >= 0.6 is 0 Å². The van der Waals surface area contributed by atoms with Crippen LogP contribution in [0.5, 0.6) is 0 Å². The van der Waals surface area contributed by atoms with Crippen LogP contribution in [0.1, 0.15) is 36.7 Å². The first-order valence-corrected chi connectivity index (χ1v) is 11.0. The lowest BCUT2D eigenvalue weighted by atomic mass is 10.0. The predicted octanol–water partition coefficient (Wildman–Crippen LogP) is 5.54. The van der Waals surface area contributed by atoms with Crippen LogP contribution in [-0.4, -0.2) is 29.8 Å². The third-order valence-electron chi connectivity index (χ3n) is 4.95. The standard InChI is InChI=1S/C28H28N2O4/c1-28(2,3)34-27(32)30-24(18-20-10-6-4-7-11-20)25(19-29)33-26(31)23-16-14-22(15-17-23)21-12-8-5-9-13-21/h4-17,24-25H,18H2,1-3H3,(H,30,32)/t24-,25-/m0/s1. The van der Waals surface area contributed by atoms with Crippen molar-refractivity contribution in [2.24, 2.45) is 0 Å². The molecule has 3 aromatic rings. The van der Waals surface area contributed by atoms with E-state index in [1.807, 2.05) is 78.9 Å². The minimum absolute atomic E-state index is 0.290. The number of esters is 1. The number of alkyl carbamates (subject to hydrolysis) is 1. The van der Waals surface area contributed by atoms with Gasteiger partial charge in [0.25, 0.3) is 0 Å². The van der Waals surface area contributed by atoms with Crippen molar-refractivity contribution < 1.29 is 19.1 Å². The average molecular weight is 457 g/mol. The Morgan fingerprint density at radius 2 is 1.44 bits per heavy atom. The van der Waals surface area contributed by atoms with Crippen LogP contribution in [-0.2, 0) is 15.9 Å². The highest BCUT2D eigenvalue weighted by atomic mass is 16.6. The van der Waals surface area contributed by atoms with Crippen molar-refractivity contribution in [3.8, 4) is 17.2 Å². The quantitative estimate of drug-likeness (QED) is 0.472. The van der Waals surface area contributed by atoms with Crippen LogP contribution in [0.4, 0.5) is 4.79 Å². The monoisotopic (exact) mass is 456 g/mol. The number of carbonyl (C=O) groups excluding carboxylic acids is 2. The van der Waals surface area contributed by atoms with Crippen LogP contribution in [0.2, 0.25) is 0 Å². The molecule has 3 aromatic carbocycles. The number of benzene rings is 3. The lowest BCUT2D eigenvalue weighted by Crippen LogP contribution is -2.47. The number of hydrogen-bond acceptors (Lipinski definition) is 5. The minimum atomic E-state index is -1.21. The third kappa shape index (κ3) is 7.21. The number of nitriles is 1. The van der Waals surface area contributed by atoms with Crippen molar-refractivity contribution in [3.05, 3.63) is 96.1 Å². The highest BCUT2D eigenvalue weighted by Crippen LogP contribution is 2.20. The van der Waals surface area contributed by atoms with Gasteiger partial charge in [-0.2, -0.15) is 5.26 Å². The Morgan fingerprint density at radius 1 is 0.882 bits per heavy atom. The molecule has 0 spiro atoms. The second-order valence-electron chi connectivity index (χ2n) is 8.84. The number of hydrogen-bond donors (Lipinski definition) is 1. The van der Waals surface area contributed by atoms with E-state index >= 15 is 0 Å². The molecule has 0 radical (unpaired) electrons. The zero-order chi connectivity index (χ0) is 24.6. The summed E-state index contributed by atoms with van der Waals surface area (Å²) in [5.41, 5.74) is 2.48. The molecule has 174 valence electrons. The normalized spacial score (nSPS) is 12.6. The molecule has 0 aromatic heterocycles. The molecule has 0 aliphatic rings. The van der Waals surface area contributed by atoms with Crippen LogP contribution in [0, 0.1) is 11.3 Å². The second-order valence-corrected chi connectivity index (χ2v) is 8.84. The Balaban J connectivity index is 1.75. The smallest absolute Gasteiger partial charge is 0.408 e. The topological polar surface area (TPSA) is 88.4 Å². The van der Waals surface area contributed by atoms with E-state index in [9.17, 15) is 14.9 Å². The molecule has 0 saturated carbocycles. The molecule has 6 nitrogen and oxygen atoms in total.